The number of nitrogens with zero attached hydrogens (tertiary/aromatic N) is 3. The van der Waals surface area contributed by atoms with E-state index in [0.29, 0.717) is 28.0 Å². The van der Waals surface area contributed by atoms with Gasteiger partial charge in [0, 0.05) is 13.1 Å². The van der Waals surface area contributed by atoms with Crippen LogP contribution in [0, 0.1) is 6.92 Å². The van der Waals surface area contributed by atoms with Crippen molar-refractivity contribution in [3.8, 4) is 10.6 Å². The second-order valence-corrected chi connectivity index (χ2v) is 8.37. The monoisotopic (exact) mass is 412 g/mol. The molecular weight excluding hydrogens is 388 g/mol. The van der Waals surface area contributed by atoms with Crippen LogP contribution in [0.25, 0.3) is 21.6 Å². The van der Waals surface area contributed by atoms with Crippen molar-refractivity contribution < 1.29 is 14.3 Å². The predicted molar refractivity (Wildman–Crippen MR) is 112 cm³/mol. The van der Waals surface area contributed by atoms with E-state index in [-0.39, 0.29) is 18.6 Å². The van der Waals surface area contributed by atoms with E-state index in [1.54, 1.807) is 29.1 Å². The molecule has 7 nitrogen and oxygen atoms in total. The van der Waals surface area contributed by atoms with Gasteiger partial charge in [0.1, 0.15) is 0 Å². The Morgan fingerprint density at radius 2 is 2.10 bits per heavy atom. The van der Waals surface area contributed by atoms with E-state index in [4.69, 9.17) is 4.74 Å². The van der Waals surface area contributed by atoms with Crippen molar-refractivity contribution in [2.45, 2.75) is 45.1 Å². The van der Waals surface area contributed by atoms with Crippen LogP contribution in [-0.2, 0) is 16.6 Å². The average Bonchev–Trinajstić information content (AvgIpc) is 3.35. The SMILES string of the molecule is Cc1nn(C)c2nc(-c3cccs3)cc(C(=O)OCC(=O)NC3CCCCC3)c12. The highest BCUT2D eigenvalue weighted by Gasteiger charge is 2.22. The molecule has 0 bridgehead atoms. The molecule has 152 valence electrons. The average molecular weight is 413 g/mol. The van der Waals surface area contributed by atoms with Crippen LogP contribution < -0.4 is 5.32 Å². The fourth-order valence-electron chi connectivity index (χ4n) is 3.88. The fourth-order valence-corrected chi connectivity index (χ4v) is 4.57. The van der Waals surface area contributed by atoms with E-state index in [1.165, 1.54) is 6.42 Å². The normalized spacial score (nSPS) is 14.8. The number of esters is 1. The first-order valence-corrected chi connectivity index (χ1v) is 10.8. The lowest BCUT2D eigenvalue weighted by atomic mass is 9.95. The van der Waals surface area contributed by atoms with Gasteiger partial charge in [0.05, 0.1) is 27.2 Å². The van der Waals surface area contributed by atoms with Gasteiger partial charge in [-0.05, 0) is 37.3 Å². The maximum atomic E-state index is 12.9. The number of ether oxygens (including phenoxy) is 1. The number of aromatic nitrogens is 3. The summed E-state index contributed by atoms with van der Waals surface area (Å²) in [6, 6.07) is 5.81. The van der Waals surface area contributed by atoms with Crippen LogP contribution >= 0.6 is 11.3 Å². The number of hydrogen-bond donors (Lipinski definition) is 1. The van der Waals surface area contributed by atoms with E-state index in [1.807, 2.05) is 24.4 Å². The van der Waals surface area contributed by atoms with Crippen LogP contribution in [0.15, 0.2) is 23.6 Å². The topological polar surface area (TPSA) is 86.1 Å². The van der Waals surface area contributed by atoms with E-state index in [0.717, 1.165) is 30.6 Å². The van der Waals surface area contributed by atoms with Crippen molar-refractivity contribution in [2.75, 3.05) is 6.61 Å². The lowest BCUT2D eigenvalue weighted by Crippen LogP contribution is -2.38. The van der Waals surface area contributed by atoms with E-state index < -0.39 is 5.97 Å². The molecule has 0 aliphatic heterocycles. The maximum absolute atomic E-state index is 12.9. The Labute approximate surface area is 173 Å². The molecule has 8 heteroatoms. The summed E-state index contributed by atoms with van der Waals surface area (Å²) in [5.41, 5.74) is 2.39. The molecule has 4 rings (SSSR count). The minimum absolute atomic E-state index is 0.189. The summed E-state index contributed by atoms with van der Waals surface area (Å²) < 4.78 is 7.02. The first-order chi connectivity index (χ1) is 14.0. The number of nitrogens with one attached hydrogen (secondary N) is 1. The molecule has 1 fully saturated rings. The quantitative estimate of drug-likeness (QED) is 0.647. The maximum Gasteiger partial charge on any atom is 0.339 e. The Hall–Kier alpha value is -2.74. The molecular formula is C21H24N4O3S. The second-order valence-electron chi connectivity index (χ2n) is 7.42. The van der Waals surface area contributed by atoms with Gasteiger partial charge < -0.3 is 10.1 Å². The van der Waals surface area contributed by atoms with Gasteiger partial charge in [0.15, 0.2) is 12.3 Å². The third-order valence-corrected chi connectivity index (χ3v) is 6.16. The smallest absolute Gasteiger partial charge is 0.339 e. The van der Waals surface area contributed by atoms with Crippen LogP contribution in [0.4, 0.5) is 0 Å². The van der Waals surface area contributed by atoms with Gasteiger partial charge in [-0.3, -0.25) is 9.48 Å². The minimum Gasteiger partial charge on any atom is -0.452 e. The molecule has 29 heavy (non-hydrogen) atoms. The summed E-state index contributed by atoms with van der Waals surface area (Å²) in [5, 5.41) is 9.99. The lowest BCUT2D eigenvalue weighted by Gasteiger charge is -2.22. The molecule has 1 amide bonds. The van der Waals surface area contributed by atoms with Crippen molar-refractivity contribution in [2.24, 2.45) is 7.05 Å². The number of amides is 1. The Morgan fingerprint density at radius 3 is 2.83 bits per heavy atom. The van der Waals surface area contributed by atoms with Gasteiger partial charge in [-0.25, -0.2) is 9.78 Å². The zero-order valence-corrected chi connectivity index (χ0v) is 17.4. The molecule has 1 aliphatic rings. The largest absolute Gasteiger partial charge is 0.452 e. The lowest BCUT2D eigenvalue weighted by molar-refractivity contribution is -0.125. The molecule has 3 heterocycles. The molecule has 3 aromatic heterocycles. The van der Waals surface area contributed by atoms with Crippen molar-refractivity contribution in [3.05, 3.63) is 34.8 Å². The highest BCUT2D eigenvalue weighted by atomic mass is 32.1. The van der Waals surface area contributed by atoms with Gasteiger partial charge in [-0.1, -0.05) is 25.3 Å². The second kappa shape index (κ2) is 8.32. The summed E-state index contributed by atoms with van der Waals surface area (Å²) in [5.74, 6) is -0.790. The summed E-state index contributed by atoms with van der Waals surface area (Å²) in [7, 11) is 1.80. The van der Waals surface area contributed by atoms with Crippen LogP contribution in [-0.4, -0.2) is 39.3 Å². The van der Waals surface area contributed by atoms with Gasteiger partial charge >= 0.3 is 5.97 Å². The highest BCUT2D eigenvalue weighted by molar-refractivity contribution is 7.13. The fraction of sp³-hybridized carbons (Fsp3) is 0.429. The molecule has 1 aliphatic carbocycles. The van der Waals surface area contributed by atoms with E-state index in [2.05, 4.69) is 15.4 Å². The molecule has 0 aromatic carbocycles. The zero-order valence-electron chi connectivity index (χ0n) is 16.6. The van der Waals surface area contributed by atoms with Gasteiger partial charge in [0.2, 0.25) is 0 Å². The van der Waals surface area contributed by atoms with Crippen LogP contribution in [0.2, 0.25) is 0 Å². The first-order valence-electron chi connectivity index (χ1n) is 9.87. The molecule has 1 N–H and O–H groups in total. The molecule has 3 aromatic rings. The number of carbonyl (C=O) groups excluding carboxylic acids is 2. The summed E-state index contributed by atoms with van der Waals surface area (Å²) in [6.45, 7) is 1.55. The number of rotatable bonds is 5. The van der Waals surface area contributed by atoms with Crippen molar-refractivity contribution >= 4 is 34.2 Å². The van der Waals surface area contributed by atoms with Gasteiger partial charge in [-0.2, -0.15) is 5.10 Å². The van der Waals surface area contributed by atoms with Crippen LogP contribution in [0.5, 0.6) is 0 Å². The standard InChI is InChI=1S/C21H24N4O3S/c1-13-19-15(21(27)28-12-18(26)22-14-7-4-3-5-8-14)11-16(17-9-6-10-29-17)23-20(19)25(2)24-13/h6,9-11,14H,3-5,7-8,12H2,1-2H3,(H,22,26). The number of pyridine rings is 1. The summed E-state index contributed by atoms with van der Waals surface area (Å²) in [6.07, 6.45) is 5.46. The third-order valence-electron chi connectivity index (χ3n) is 5.27. The molecule has 0 atom stereocenters. The Bertz CT molecular complexity index is 1040. The molecule has 0 unspecified atom stereocenters. The number of fused-ring (bicyclic) bond motifs is 1. The Kier molecular flexibility index (Phi) is 5.62. The third kappa shape index (κ3) is 4.17. The minimum atomic E-state index is -0.537. The molecule has 0 saturated heterocycles. The number of aryl methyl sites for hydroxylation is 2. The zero-order chi connectivity index (χ0) is 20.4. The first kappa shape index (κ1) is 19.6. The number of hydrogen-bond acceptors (Lipinski definition) is 6. The van der Waals surface area contributed by atoms with Crippen LogP contribution in [0.1, 0.15) is 48.2 Å². The molecule has 0 spiro atoms. The van der Waals surface area contributed by atoms with Crippen molar-refractivity contribution in [3.63, 3.8) is 0 Å². The number of thiophene rings is 1. The Morgan fingerprint density at radius 1 is 1.31 bits per heavy atom. The van der Waals surface area contributed by atoms with Crippen molar-refractivity contribution in [1.29, 1.82) is 0 Å². The van der Waals surface area contributed by atoms with Gasteiger partial charge in [-0.15, -0.1) is 11.3 Å². The molecule has 0 radical (unpaired) electrons. The summed E-state index contributed by atoms with van der Waals surface area (Å²) in [4.78, 5) is 30.7. The Balaban J connectivity index is 1.55. The van der Waals surface area contributed by atoms with Gasteiger partial charge in [0.25, 0.3) is 5.91 Å². The summed E-state index contributed by atoms with van der Waals surface area (Å²) >= 11 is 1.55. The number of carbonyl (C=O) groups is 2. The highest BCUT2D eigenvalue weighted by Crippen LogP contribution is 2.29. The predicted octanol–water partition coefficient (Wildman–Crippen LogP) is 3.61. The van der Waals surface area contributed by atoms with Crippen LogP contribution in [0.3, 0.4) is 0 Å². The van der Waals surface area contributed by atoms with Crippen molar-refractivity contribution in [1.82, 2.24) is 20.1 Å². The molecule has 1 saturated carbocycles. The van der Waals surface area contributed by atoms with E-state index in [9.17, 15) is 9.59 Å². The van der Waals surface area contributed by atoms with E-state index >= 15 is 0 Å².